The van der Waals surface area contributed by atoms with Crippen molar-refractivity contribution in [1.29, 1.82) is 0 Å². The third-order valence-electron chi connectivity index (χ3n) is 5.90. The van der Waals surface area contributed by atoms with Crippen molar-refractivity contribution >= 4 is 11.6 Å². The van der Waals surface area contributed by atoms with E-state index < -0.39 is 5.60 Å². The van der Waals surface area contributed by atoms with Gasteiger partial charge in [0.25, 0.3) is 5.91 Å². The van der Waals surface area contributed by atoms with Crippen LogP contribution in [0.4, 0.5) is 5.69 Å². The fraction of sp³-hybridized carbons (Fsp3) is 0.720. The molecule has 0 spiro atoms. The third kappa shape index (κ3) is 8.65. The van der Waals surface area contributed by atoms with E-state index in [1.807, 2.05) is 38.1 Å². The molecule has 1 saturated heterocycles. The van der Waals surface area contributed by atoms with Gasteiger partial charge in [-0.1, -0.05) is 39.0 Å². The average Bonchev–Trinajstić information content (AvgIpc) is 3.01. The normalized spacial score (nSPS) is 17.2. The number of hydrogen-bond donors (Lipinski definition) is 1. The fourth-order valence-corrected chi connectivity index (χ4v) is 4.02. The van der Waals surface area contributed by atoms with Gasteiger partial charge in [-0.15, -0.1) is 0 Å². The minimum Gasteiger partial charge on any atom is -0.494 e. The third-order valence-corrected chi connectivity index (χ3v) is 5.90. The number of ether oxygens (including phenoxy) is 2. The number of anilines is 1. The molecule has 2 rings (SSSR count). The Balaban J connectivity index is 1.76. The number of carbonyl (C=O) groups is 1. The van der Waals surface area contributed by atoms with E-state index in [9.17, 15) is 4.79 Å². The lowest BCUT2D eigenvalue weighted by Gasteiger charge is -2.28. The molecule has 0 radical (unpaired) electrons. The Hall–Kier alpha value is -1.59. The number of amides is 1. The predicted octanol–water partition coefficient (Wildman–Crippen LogP) is 5.65. The molecule has 1 heterocycles. The zero-order valence-corrected chi connectivity index (χ0v) is 19.4. The topological polar surface area (TPSA) is 50.8 Å². The minimum atomic E-state index is -0.785. The highest BCUT2D eigenvalue weighted by atomic mass is 16.5. The van der Waals surface area contributed by atoms with Gasteiger partial charge < -0.3 is 19.7 Å². The van der Waals surface area contributed by atoms with Gasteiger partial charge in [0.1, 0.15) is 11.4 Å². The lowest BCUT2D eigenvalue weighted by Crippen LogP contribution is -2.42. The first kappa shape index (κ1) is 24.7. The van der Waals surface area contributed by atoms with Gasteiger partial charge in [-0.05, 0) is 76.9 Å². The smallest absolute Gasteiger partial charge is 0.256 e. The number of likely N-dealkylation sites (tertiary alicyclic amines) is 1. The van der Waals surface area contributed by atoms with Gasteiger partial charge in [0.15, 0.2) is 0 Å². The lowest BCUT2D eigenvalue weighted by molar-refractivity contribution is -0.139. The fourth-order valence-electron chi connectivity index (χ4n) is 4.02. The van der Waals surface area contributed by atoms with Crippen LogP contribution in [0.3, 0.4) is 0 Å². The Morgan fingerprint density at radius 2 is 1.73 bits per heavy atom. The summed E-state index contributed by atoms with van der Waals surface area (Å²) in [4.78, 5) is 15.4. The summed E-state index contributed by atoms with van der Waals surface area (Å²) in [6.07, 6.45) is 10.4. The summed E-state index contributed by atoms with van der Waals surface area (Å²) in [5.74, 6) is 0.769. The monoisotopic (exact) mass is 418 g/mol. The molecule has 1 aromatic carbocycles. The summed E-state index contributed by atoms with van der Waals surface area (Å²) in [6.45, 7) is 10.8. The van der Waals surface area contributed by atoms with Crippen LogP contribution in [0, 0.1) is 0 Å². The van der Waals surface area contributed by atoms with Gasteiger partial charge in [0, 0.05) is 18.8 Å². The Morgan fingerprint density at radius 3 is 2.37 bits per heavy atom. The first-order valence-corrected chi connectivity index (χ1v) is 12.0. The second-order valence-corrected chi connectivity index (χ2v) is 8.56. The second-order valence-electron chi connectivity index (χ2n) is 8.56. The van der Waals surface area contributed by atoms with Gasteiger partial charge in [0.2, 0.25) is 0 Å². The molecule has 1 fully saturated rings. The van der Waals surface area contributed by atoms with Crippen LogP contribution in [0.1, 0.15) is 78.6 Å². The molecule has 5 heteroatoms. The van der Waals surface area contributed by atoms with Gasteiger partial charge in [-0.3, -0.25) is 4.79 Å². The summed E-state index contributed by atoms with van der Waals surface area (Å²) in [5, 5.41) is 3.01. The van der Waals surface area contributed by atoms with Crippen molar-refractivity contribution in [2.75, 3.05) is 38.2 Å². The molecule has 170 valence electrons. The van der Waals surface area contributed by atoms with Gasteiger partial charge >= 0.3 is 0 Å². The Bertz CT molecular complexity index is 597. The minimum absolute atomic E-state index is 0.0772. The molecule has 0 saturated carbocycles. The molecule has 1 atom stereocenters. The molecule has 1 N–H and O–H groups in total. The van der Waals surface area contributed by atoms with Gasteiger partial charge in [-0.25, -0.2) is 0 Å². The molecule has 0 bridgehead atoms. The van der Waals surface area contributed by atoms with E-state index >= 15 is 0 Å². The molecular formula is C25H42N2O3. The van der Waals surface area contributed by atoms with Crippen LogP contribution >= 0.6 is 0 Å². The highest BCUT2D eigenvalue weighted by Gasteiger charge is 2.33. The van der Waals surface area contributed by atoms with E-state index in [2.05, 4.69) is 17.1 Å². The lowest BCUT2D eigenvalue weighted by atomic mass is 9.96. The van der Waals surface area contributed by atoms with E-state index in [4.69, 9.17) is 9.47 Å². The van der Waals surface area contributed by atoms with Gasteiger partial charge in [0.05, 0.1) is 6.61 Å². The SMILES string of the molecule is CCCCCC(C)(OCC)C(=O)Nc1ccc(OCCCN2CCCCCC2)cc1. The average molecular weight is 419 g/mol. The summed E-state index contributed by atoms with van der Waals surface area (Å²) in [6, 6.07) is 7.66. The maximum absolute atomic E-state index is 12.8. The molecule has 1 aromatic rings. The number of nitrogens with zero attached hydrogens (tertiary/aromatic N) is 1. The van der Waals surface area contributed by atoms with E-state index in [0.717, 1.165) is 56.7 Å². The zero-order chi connectivity index (χ0) is 21.7. The Labute approximate surface area is 183 Å². The number of rotatable bonds is 13. The maximum Gasteiger partial charge on any atom is 0.256 e. The second kappa shape index (κ2) is 13.7. The van der Waals surface area contributed by atoms with E-state index in [-0.39, 0.29) is 5.91 Å². The van der Waals surface area contributed by atoms with Crippen LogP contribution in [-0.4, -0.2) is 49.3 Å². The first-order chi connectivity index (χ1) is 14.6. The molecular weight excluding hydrogens is 376 g/mol. The highest BCUT2D eigenvalue weighted by molar-refractivity contribution is 5.97. The van der Waals surface area contributed by atoms with Crippen molar-refractivity contribution < 1.29 is 14.3 Å². The highest BCUT2D eigenvalue weighted by Crippen LogP contribution is 2.23. The van der Waals surface area contributed by atoms with Crippen LogP contribution in [0.2, 0.25) is 0 Å². The van der Waals surface area contributed by atoms with Crippen LogP contribution in [0.5, 0.6) is 5.75 Å². The van der Waals surface area contributed by atoms with Crippen LogP contribution < -0.4 is 10.1 Å². The van der Waals surface area contributed by atoms with Crippen molar-refractivity contribution in [1.82, 2.24) is 4.90 Å². The molecule has 5 nitrogen and oxygen atoms in total. The summed E-state index contributed by atoms with van der Waals surface area (Å²) < 4.78 is 11.7. The van der Waals surface area contributed by atoms with E-state index in [0.29, 0.717) is 6.61 Å². The molecule has 1 aliphatic heterocycles. The van der Waals surface area contributed by atoms with Crippen molar-refractivity contribution in [2.45, 2.75) is 84.2 Å². The molecule has 0 aromatic heterocycles. The quantitative estimate of drug-likeness (QED) is 0.421. The number of unbranched alkanes of at least 4 members (excludes halogenated alkanes) is 2. The number of carbonyl (C=O) groups excluding carboxylic acids is 1. The van der Waals surface area contributed by atoms with Crippen LogP contribution in [0.15, 0.2) is 24.3 Å². The number of hydrogen-bond acceptors (Lipinski definition) is 4. The van der Waals surface area contributed by atoms with E-state index in [1.54, 1.807) is 0 Å². The van der Waals surface area contributed by atoms with Crippen molar-refractivity contribution in [2.24, 2.45) is 0 Å². The van der Waals surface area contributed by atoms with Crippen LogP contribution in [0.25, 0.3) is 0 Å². The number of benzene rings is 1. The zero-order valence-electron chi connectivity index (χ0n) is 19.4. The molecule has 1 amide bonds. The maximum atomic E-state index is 12.8. The summed E-state index contributed by atoms with van der Waals surface area (Å²) in [7, 11) is 0. The Morgan fingerprint density at radius 1 is 1.03 bits per heavy atom. The van der Waals surface area contributed by atoms with Crippen molar-refractivity contribution in [3.63, 3.8) is 0 Å². The van der Waals surface area contributed by atoms with Gasteiger partial charge in [-0.2, -0.15) is 0 Å². The van der Waals surface area contributed by atoms with Crippen molar-refractivity contribution in [3.8, 4) is 5.75 Å². The Kier molecular flexibility index (Phi) is 11.2. The summed E-state index contributed by atoms with van der Waals surface area (Å²) >= 11 is 0. The number of nitrogens with one attached hydrogen (secondary N) is 1. The molecule has 0 aliphatic carbocycles. The molecule has 1 unspecified atom stereocenters. The van der Waals surface area contributed by atoms with Crippen LogP contribution in [-0.2, 0) is 9.53 Å². The molecule has 30 heavy (non-hydrogen) atoms. The summed E-state index contributed by atoms with van der Waals surface area (Å²) in [5.41, 5.74) is -0.00906. The van der Waals surface area contributed by atoms with E-state index in [1.165, 1.54) is 38.8 Å². The first-order valence-electron chi connectivity index (χ1n) is 12.0. The predicted molar refractivity (Wildman–Crippen MR) is 124 cm³/mol. The van der Waals surface area contributed by atoms with Crippen molar-refractivity contribution in [3.05, 3.63) is 24.3 Å². The standard InChI is InChI=1S/C25H42N2O3/c1-4-6-9-17-25(3,30-5-2)24(28)26-22-13-15-23(16-14-22)29-21-12-20-27-18-10-7-8-11-19-27/h13-16H,4-12,17-21H2,1-3H3,(H,26,28). The molecule has 1 aliphatic rings. The largest absolute Gasteiger partial charge is 0.494 e.